The molecule has 0 bridgehead atoms. The van der Waals surface area contributed by atoms with E-state index >= 15 is 0 Å². The fraction of sp³-hybridized carbons (Fsp3) is 0.520. The summed E-state index contributed by atoms with van der Waals surface area (Å²) in [5, 5.41) is 0.627. The van der Waals surface area contributed by atoms with Crippen molar-refractivity contribution < 1.29 is 13.2 Å². The molecule has 1 aromatic carbocycles. The third-order valence-corrected chi connectivity index (χ3v) is 11.6. The molecule has 11 heteroatoms. The number of anilines is 1. The predicted molar refractivity (Wildman–Crippen MR) is 150 cm³/mol. The van der Waals surface area contributed by atoms with Crippen molar-refractivity contribution in [1.29, 1.82) is 0 Å². The molecule has 2 aromatic heterocycles. The summed E-state index contributed by atoms with van der Waals surface area (Å²) in [7, 11) is -3.84. The van der Waals surface area contributed by atoms with Crippen LogP contribution in [0.2, 0.25) is 4.34 Å². The number of fused-ring (bicyclic) bond motifs is 1. The van der Waals surface area contributed by atoms with Gasteiger partial charge in [-0.15, -0.1) is 11.3 Å². The first kappa shape index (κ1) is 27.5. The summed E-state index contributed by atoms with van der Waals surface area (Å²) in [4.78, 5) is 23.0. The first-order valence-electron chi connectivity index (χ1n) is 12.3. The van der Waals surface area contributed by atoms with Gasteiger partial charge in [-0.3, -0.25) is 9.69 Å². The Bertz CT molecular complexity index is 1290. The molecule has 0 saturated carbocycles. The van der Waals surface area contributed by atoms with Crippen LogP contribution in [0.5, 0.6) is 0 Å². The SMILES string of the molecule is CCN(CC)CCN(C(=O)C1CCCCN1S(=O)(=O)c1ccc(Cl)s1)c1nc2c(C)ccc(C)c2s1. The molecule has 7 nitrogen and oxygen atoms in total. The van der Waals surface area contributed by atoms with Gasteiger partial charge in [0.1, 0.15) is 10.3 Å². The molecule has 0 spiro atoms. The fourth-order valence-corrected chi connectivity index (χ4v) is 9.02. The molecule has 0 radical (unpaired) electrons. The number of nitrogens with zero attached hydrogens (tertiary/aromatic N) is 4. The molecule has 1 atom stereocenters. The zero-order valence-electron chi connectivity index (χ0n) is 21.2. The van der Waals surface area contributed by atoms with Crippen LogP contribution in [0.3, 0.4) is 0 Å². The lowest BCUT2D eigenvalue weighted by atomic mass is 10.0. The molecule has 36 heavy (non-hydrogen) atoms. The monoisotopic (exact) mass is 568 g/mol. The molecule has 0 N–H and O–H groups in total. The molecule has 1 aliphatic rings. The number of hydrogen-bond donors (Lipinski definition) is 0. The highest BCUT2D eigenvalue weighted by Gasteiger charge is 2.41. The number of carbonyl (C=O) groups excluding carboxylic acids is 1. The fourth-order valence-electron chi connectivity index (χ4n) is 4.62. The minimum absolute atomic E-state index is 0.174. The first-order valence-corrected chi connectivity index (χ1v) is 15.8. The second-order valence-corrected chi connectivity index (χ2v) is 13.9. The van der Waals surface area contributed by atoms with E-state index in [1.807, 2.05) is 19.9 Å². The number of benzene rings is 1. The Kier molecular flexibility index (Phi) is 8.74. The van der Waals surface area contributed by atoms with Crippen molar-refractivity contribution in [2.24, 2.45) is 0 Å². The number of likely N-dealkylation sites (N-methyl/N-ethyl adjacent to an activating group) is 1. The third kappa shape index (κ3) is 5.49. The highest BCUT2D eigenvalue weighted by Crippen LogP contribution is 2.36. The van der Waals surface area contributed by atoms with Gasteiger partial charge in [-0.1, -0.05) is 55.3 Å². The number of piperidine rings is 1. The number of hydrogen-bond acceptors (Lipinski definition) is 7. The van der Waals surface area contributed by atoms with E-state index in [-0.39, 0.29) is 10.1 Å². The van der Waals surface area contributed by atoms with Crippen LogP contribution in [-0.2, 0) is 14.8 Å². The maximum Gasteiger partial charge on any atom is 0.253 e. The van der Waals surface area contributed by atoms with Crippen LogP contribution in [0.25, 0.3) is 10.2 Å². The average Bonchev–Trinajstić information content (AvgIpc) is 3.52. The summed E-state index contributed by atoms with van der Waals surface area (Å²) in [6, 6.07) is 6.46. The van der Waals surface area contributed by atoms with Crippen molar-refractivity contribution in [1.82, 2.24) is 14.2 Å². The number of thiazole rings is 1. The lowest BCUT2D eigenvalue weighted by Gasteiger charge is -2.36. The zero-order chi connectivity index (χ0) is 26.0. The summed E-state index contributed by atoms with van der Waals surface area (Å²) >= 11 is 8.58. The second kappa shape index (κ2) is 11.4. The van der Waals surface area contributed by atoms with Crippen molar-refractivity contribution in [3.63, 3.8) is 0 Å². The number of amides is 1. The number of carbonyl (C=O) groups is 1. The van der Waals surface area contributed by atoms with Gasteiger partial charge in [0.15, 0.2) is 5.13 Å². The normalized spacial score (nSPS) is 17.2. The van der Waals surface area contributed by atoms with E-state index in [0.717, 1.165) is 58.6 Å². The summed E-state index contributed by atoms with van der Waals surface area (Å²) in [6.07, 6.45) is 2.01. The summed E-state index contributed by atoms with van der Waals surface area (Å²) in [5.41, 5.74) is 3.08. The minimum Gasteiger partial charge on any atom is -0.302 e. The van der Waals surface area contributed by atoms with Crippen LogP contribution < -0.4 is 4.90 Å². The van der Waals surface area contributed by atoms with E-state index in [4.69, 9.17) is 16.6 Å². The van der Waals surface area contributed by atoms with E-state index in [1.54, 1.807) is 11.0 Å². The van der Waals surface area contributed by atoms with Crippen molar-refractivity contribution >= 4 is 65.6 Å². The zero-order valence-corrected chi connectivity index (χ0v) is 24.4. The van der Waals surface area contributed by atoms with Gasteiger partial charge in [0, 0.05) is 19.6 Å². The van der Waals surface area contributed by atoms with Gasteiger partial charge < -0.3 is 4.90 Å². The van der Waals surface area contributed by atoms with E-state index in [1.165, 1.54) is 21.7 Å². The van der Waals surface area contributed by atoms with E-state index in [2.05, 4.69) is 24.8 Å². The van der Waals surface area contributed by atoms with Crippen LogP contribution in [-0.4, -0.2) is 67.3 Å². The standard InChI is InChI=1S/C25H33ClN4O3S3/c1-5-28(6-2)15-16-29(25-27-22-17(3)10-11-18(4)23(22)35-25)24(31)19-9-7-8-14-30(19)36(32,33)21-13-12-20(26)34-21/h10-13,19H,5-9,14-16H2,1-4H3. The molecular weight excluding hydrogens is 536 g/mol. The van der Waals surface area contributed by atoms with Crippen LogP contribution in [0, 0.1) is 13.8 Å². The molecule has 1 aliphatic heterocycles. The number of aryl methyl sites for hydroxylation is 2. The Hall–Kier alpha value is -1.56. The molecule has 0 aliphatic carbocycles. The molecular formula is C25H33ClN4O3S3. The molecule has 3 heterocycles. The largest absolute Gasteiger partial charge is 0.302 e. The maximum absolute atomic E-state index is 14.2. The molecule has 1 unspecified atom stereocenters. The Labute approximate surface area is 226 Å². The second-order valence-electron chi connectivity index (χ2n) is 9.08. The minimum atomic E-state index is -3.84. The lowest BCUT2D eigenvalue weighted by molar-refractivity contribution is -0.123. The van der Waals surface area contributed by atoms with E-state index < -0.39 is 16.1 Å². The summed E-state index contributed by atoms with van der Waals surface area (Å²) < 4.78 is 30.1. The van der Waals surface area contributed by atoms with Crippen molar-refractivity contribution in [3.05, 3.63) is 39.7 Å². The highest BCUT2D eigenvalue weighted by molar-refractivity contribution is 7.91. The molecule has 3 aromatic rings. The van der Waals surface area contributed by atoms with Gasteiger partial charge in [-0.05, 0) is 63.0 Å². The molecule has 196 valence electrons. The summed E-state index contributed by atoms with van der Waals surface area (Å²) in [5.74, 6) is -0.206. The number of halogens is 1. The van der Waals surface area contributed by atoms with Crippen LogP contribution in [0.1, 0.15) is 44.2 Å². The van der Waals surface area contributed by atoms with E-state index in [9.17, 15) is 13.2 Å². The number of aromatic nitrogens is 1. The Morgan fingerprint density at radius 3 is 2.44 bits per heavy atom. The summed E-state index contributed by atoms with van der Waals surface area (Å²) in [6.45, 7) is 11.5. The number of sulfonamides is 1. The maximum atomic E-state index is 14.2. The lowest BCUT2D eigenvalue weighted by Crippen LogP contribution is -2.54. The molecule has 1 saturated heterocycles. The van der Waals surface area contributed by atoms with Crippen molar-refractivity contribution in [2.75, 3.05) is 37.6 Å². The van der Waals surface area contributed by atoms with Gasteiger partial charge in [-0.25, -0.2) is 13.4 Å². The van der Waals surface area contributed by atoms with Crippen LogP contribution >= 0.6 is 34.3 Å². The first-order chi connectivity index (χ1) is 17.2. The average molecular weight is 569 g/mol. The van der Waals surface area contributed by atoms with Gasteiger partial charge in [0.25, 0.3) is 10.0 Å². The molecule has 1 fully saturated rings. The van der Waals surface area contributed by atoms with Crippen LogP contribution in [0.15, 0.2) is 28.5 Å². The number of thiophene rings is 1. The van der Waals surface area contributed by atoms with Gasteiger partial charge in [-0.2, -0.15) is 4.31 Å². The number of rotatable bonds is 9. The van der Waals surface area contributed by atoms with Crippen LogP contribution in [0.4, 0.5) is 5.13 Å². The van der Waals surface area contributed by atoms with Gasteiger partial charge in [0.05, 0.1) is 14.6 Å². The Balaban J connectivity index is 1.73. The topological polar surface area (TPSA) is 73.8 Å². The Morgan fingerprint density at radius 1 is 1.08 bits per heavy atom. The third-order valence-electron chi connectivity index (χ3n) is 6.81. The van der Waals surface area contributed by atoms with Gasteiger partial charge in [0.2, 0.25) is 5.91 Å². The van der Waals surface area contributed by atoms with Crippen molar-refractivity contribution in [2.45, 2.75) is 57.2 Å². The van der Waals surface area contributed by atoms with E-state index in [0.29, 0.717) is 35.5 Å². The quantitative estimate of drug-likeness (QED) is 0.338. The smallest absolute Gasteiger partial charge is 0.253 e. The molecule has 4 rings (SSSR count). The predicted octanol–water partition coefficient (Wildman–Crippen LogP) is 5.55. The highest BCUT2D eigenvalue weighted by atomic mass is 35.5. The van der Waals surface area contributed by atoms with Gasteiger partial charge >= 0.3 is 0 Å². The molecule has 1 amide bonds. The van der Waals surface area contributed by atoms with Crippen molar-refractivity contribution in [3.8, 4) is 0 Å². The Morgan fingerprint density at radius 2 is 1.81 bits per heavy atom.